The number of benzene rings is 1. The van der Waals surface area contributed by atoms with Crippen LogP contribution in [0.4, 0.5) is 4.79 Å². The predicted octanol–water partition coefficient (Wildman–Crippen LogP) is 2.83. The van der Waals surface area contributed by atoms with Crippen molar-refractivity contribution in [3.63, 3.8) is 0 Å². The third-order valence-corrected chi connectivity index (χ3v) is 5.16. The van der Waals surface area contributed by atoms with E-state index in [1.165, 1.54) is 4.90 Å². The summed E-state index contributed by atoms with van der Waals surface area (Å²) in [5.41, 5.74) is 1.01. The summed E-state index contributed by atoms with van der Waals surface area (Å²) in [5, 5.41) is 19.3. The molecule has 2 aliphatic heterocycles. The number of amides is 1. The van der Waals surface area contributed by atoms with Gasteiger partial charge in [-0.05, 0) is 43.4 Å². The van der Waals surface area contributed by atoms with Crippen molar-refractivity contribution in [1.29, 1.82) is 0 Å². The molecule has 7 nitrogen and oxygen atoms in total. The van der Waals surface area contributed by atoms with E-state index in [2.05, 4.69) is 0 Å². The molecule has 3 rings (SSSR count). The number of aliphatic hydroxyl groups excluding tert-OH is 1. The fourth-order valence-corrected chi connectivity index (χ4v) is 3.61. The number of likely N-dealkylation sites (tertiary alicyclic amines) is 1. The Balaban J connectivity index is 1.38. The van der Waals surface area contributed by atoms with Gasteiger partial charge in [-0.1, -0.05) is 12.1 Å². The first kappa shape index (κ1) is 19.9. The molecule has 3 atom stereocenters. The first-order valence-corrected chi connectivity index (χ1v) is 9.75. The normalized spacial score (nSPS) is 26.0. The molecule has 150 valence electrons. The fourth-order valence-electron chi connectivity index (χ4n) is 3.61. The van der Waals surface area contributed by atoms with E-state index in [0.717, 1.165) is 43.6 Å². The van der Waals surface area contributed by atoms with Crippen LogP contribution in [0, 0.1) is 0 Å². The van der Waals surface area contributed by atoms with Crippen LogP contribution in [0.3, 0.4) is 0 Å². The van der Waals surface area contributed by atoms with Gasteiger partial charge in [0.2, 0.25) is 0 Å². The minimum Gasteiger partial charge on any atom is -0.494 e. The Morgan fingerprint density at radius 1 is 1.19 bits per heavy atom. The average molecular weight is 379 g/mol. The van der Waals surface area contributed by atoms with E-state index in [9.17, 15) is 9.90 Å². The number of carboxylic acid groups (broad SMARTS) is 1. The molecule has 7 heteroatoms. The van der Waals surface area contributed by atoms with Gasteiger partial charge < -0.3 is 29.3 Å². The molecule has 27 heavy (non-hydrogen) atoms. The number of aliphatic hydroxyl groups is 1. The number of carbonyl (C=O) groups is 1. The summed E-state index contributed by atoms with van der Waals surface area (Å²) in [7, 11) is 0. The Labute approximate surface area is 159 Å². The Hall–Kier alpha value is -1.83. The van der Waals surface area contributed by atoms with Crippen LogP contribution < -0.4 is 4.74 Å². The highest BCUT2D eigenvalue weighted by atomic mass is 16.7. The summed E-state index contributed by atoms with van der Waals surface area (Å²) in [6.45, 7) is 2.59. The molecular weight excluding hydrogens is 350 g/mol. The van der Waals surface area contributed by atoms with Crippen molar-refractivity contribution in [3.8, 4) is 5.75 Å². The number of ether oxygens (including phenoxy) is 3. The van der Waals surface area contributed by atoms with E-state index in [1.54, 1.807) is 0 Å². The zero-order valence-electron chi connectivity index (χ0n) is 15.6. The largest absolute Gasteiger partial charge is 0.494 e. The Morgan fingerprint density at radius 2 is 2.00 bits per heavy atom. The second kappa shape index (κ2) is 9.92. The summed E-state index contributed by atoms with van der Waals surface area (Å²) in [5.74, 6) is 0.740. The summed E-state index contributed by atoms with van der Waals surface area (Å²) >= 11 is 0. The molecule has 1 aromatic carbocycles. The van der Waals surface area contributed by atoms with Crippen LogP contribution in [0.1, 0.15) is 43.6 Å². The zero-order valence-corrected chi connectivity index (χ0v) is 15.6. The lowest BCUT2D eigenvalue weighted by atomic mass is 9.87. The van der Waals surface area contributed by atoms with E-state index in [0.29, 0.717) is 26.2 Å². The highest BCUT2D eigenvalue weighted by Gasteiger charge is 2.30. The molecule has 2 aliphatic rings. The number of hydrogen-bond donors (Lipinski definition) is 2. The molecule has 2 fully saturated rings. The number of β-amino-alcohol motifs (C(OH)–C–C–N with tert-alkyl or cyclic N) is 1. The SMILES string of the molecule is O=C(O)N1CC[C@H](c2ccc(OCCCO[C@@H]3CCCCO3)cc2)[C@@H](O)C1. The molecule has 0 unspecified atom stereocenters. The molecular formula is C20H29NO6. The van der Waals surface area contributed by atoms with Crippen LogP contribution >= 0.6 is 0 Å². The van der Waals surface area contributed by atoms with Crippen molar-refractivity contribution >= 4 is 6.09 Å². The maximum atomic E-state index is 11.0. The average Bonchev–Trinajstić information content (AvgIpc) is 2.69. The molecule has 1 aromatic rings. The summed E-state index contributed by atoms with van der Waals surface area (Å²) in [4.78, 5) is 12.3. The van der Waals surface area contributed by atoms with Gasteiger partial charge in [0, 0.05) is 25.5 Å². The van der Waals surface area contributed by atoms with E-state index in [4.69, 9.17) is 19.3 Å². The fraction of sp³-hybridized carbons (Fsp3) is 0.650. The van der Waals surface area contributed by atoms with Gasteiger partial charge in [0.05, 0.1) is 25.9 Å². The summed E-state index contributed by atoms with van der Waals surface area (Å²) in [6.07, 6.45) is 2.96. The molecule has 0 aromatic heterocycles. The molecule has 2 N–H and O–H groups in total. The number of rotatable bonds is 7. The monoisotopic (exact) mass is 379 g/mol. The van der Waals surface area contributed by atoms with Gasteiger partial charge in [0.1, 0.15) is 5.75 Å². The summed E-state index contributed by atoms with van der Waals surface area (Å²) < 4.78 is 16.9. The molecule has 1 amide bonds. The van der Waals surface area contributed by atoms with Crippen LogP contribution in [0.5, 0.6) is 5.75 Å². The Kier molecular flexibility index (Phi) is 7.32. The second-order valence-corrected chi connectivity index (χ2v) is 7.13. The predicted molar refractivity (Wildman–Crippen MR) is 99.1 cm³/mol. The van der Waals surface area contributed by atoms with Crippen LogP contribution in [0.15, 0.2) is 24.3 Å². The van der Waals surface area contributed by atoms with Crippen LogP contribution in [-0.4, -0.2) is 66.5 Å². The zero-order chi connectivity index (χ0) is 19.1. The van der Waals surface area contributed by atoms with Crippen molar-refractivity contribution in [2.24, 2.45) is 0 Å². The van der Waals surface area contributed by atoms with Crippen molar-refractivity contribution in [2.45, 2.75) is 50.4 Å². The van der Waals surface area contributed by atoms with Gasteiger partial charge in [-0.2, -0.15) is 0 Å². The van der Waals surface area contributed by atoms with E-state index >= 15 is 0 Å². The topological polar surface area (TPSA) is 88.5 Å². The van der Waals surface area contributed by atoms with Crippen molar-refractivity contribution in [2.75, 3.05) is 32.9 Å². The van der Waals surface area contributed by atoms with E-state index in [1.807, 2.05) is 24.3 Å². The number of hydrogen-bond acceptors (Lipinski definition) is 5. The first-order chi connectivity index (χ1) is 13.1. The molecule has 2 saturated heterocycles. The van der Waals surface area contributed by atoms with Gasteiger partial charge in [-0.25, -0.2) is 4.79 Å². The minimum atomic E-state index is -0.977. The smallest absolute Gasteiger partial charge is 0.407 e. The second-order valence-electron chi connectivity index (χ2n) is 7.13. The molecule has 2 heterocycles. The van der Waals surface area contributed by atoms with Gasteiger partial charge in [-0.15, -0.1) is 0 Å². The molecule has 0 bridgehead atoms. The van der Waals surface area contributed by atoms with Crippen molar-refractivity contribution in [3.05, 3.63) is 29.8 Å². The van der Waals surface area contributed by atoms with Crippen LogP contribution in [0.2, 0.25) is 0 Å². The third-order valence-electron chi connectivity index (χ3n) is 5.16. The lowest BCUT2D eigenvalue weighted by Gasteiger charge is -2.34. The van der Waals surface area contributed by atoms with Gasteiger partial charge in [-0.3, -0.25) is 0 Å². The molecule has 0 aliphatic carbocycles. The van der Waals surface area contributed by atoms with Crippen LogP contribution in [0.25, 0.3) is 0 Å². The molecule has 0 spiro atoms. The Bertz CT molecular complexity index is 587. The van der Waals surface area contributed by atoms with Gasteiger partial charge in [0.25, 0.3) is 0 Å². The first-order valence-electron chi connectivity index (χ1n) is 9.75. The third kappa shape index (κ3) is 5.82. The van der Waals surface area contributed by atoms with Crippen molar-refractivity contribution < 1.29 is 29.2 Å². The van der Waals surface area contributed by atoms with Crippen LogP contribution in [-0.2, 0) is 9.47 Å². The van der Waals surface area contributed by atoms with E-state index in [-0.39, 0.29) is 18.8 Å². The number of nitrogens with zero attached hydrogens (tertiary/aromatic N) is 1. The molecule has 0 saturated carbocycles. The van der Waals surface area contributed by atoms with Gasteiger partial charge in [0.15, 0.2) is 6.29 Å². The Morgan fingerprint density at radius 3 is 2.67 bits per heavy atom. The highest BCUT2D eigenvalue weighted by molar-refractivity contribution is 5.65. The highest BCUT2D eigenvalue weighted by Crippen LogP contribution is 2.29. The molecule has 0 radical (unpaired) electrons. The van der Waals surface area contributed by atoms with Gasteiger partial charge >= 0.3 is 6.09 Å². The van der Waals surface area contributed by atoms with E-state index < -0.39 is 12.2 Å². The maximum absolute atomic E-state index is 11.0. The number of piperidine rings is 1. The quantitative estimate of drug-likeness (QED) is 0.708. The summed E-state index contributed by atoms with van der Waals surface area (Å²) in [6, 6.07) is 7.70. The minimum absolute atomic E-state index is 0.0430. The lowest BCUT2D eigenvalue weighted by Crippen LogP contribution is -2.45. The maximum Gasteiger partial charge on any atom is 0.407 e. The van der Waals surface area contributed by atoms with Crippen molar-refractivity contribution in [1.82, 2.24) is 4.90 Å². The standard InChI is InChI=1S/C20H29NO6/c22-18-14-21(20(23)24)10-9-17(18)15-5-7-16(8-6-15)25-12-3-13-27-19-4-1-2-11-26-19/h5-8,17-19,22H,1-4,9-14H2,(H,23,24)/t17-,18+,19-/m1/s1. The lowest BCUT2D eigenvalue weighted by molar-refractivity contribution is -0.163.